The third-order valence-electron chi connectivity index (χ3n) is 2.51. The van der Waals surface area contributed by atoms with E-state index < -0.39 is 5.97 Å². The van der Waals surface area contributed by atoms with E-state index in [0.29, 0.717) is 19.4 Å². The van der Waals surface area contributed by atoms with Crippen LogP contribution in [0.4, 0.5) is 0 Å². The van der Waals surface area contributed by atoms with E-state index in [1.54, 1.807) is 4.90 Å². The molecule has 0 saturated carbocycles. The van der Waals surface area contributed by atoms with E-state index >= 15 is 0 Å². The predicted octanol–water partition coefficient (Wildman–Crippen LogP) is -0.201. The number of carbonyl (C=O) groups excluding carboxylic acids is 1. The van der Waals surface area contributed by atoms with Crippen molar-refractivity contribution in [3.05, 3.63) is 0 Å². The lowest BCUT2D eigenvalue weighted by molar-refractivity contribution is -0.139. The van der Waals surface area contributed by atoms with Crippen LogP contribution in [0.5, 0.6) is 0 Å². The largest absolute Gasteiger partial charge is 0.481 e. The summed E-state index contributed by atoms with van der Waals surface area (Å²) in [6.45, 7) is 2.37. The van der Waals surface area contributed by atoms with Crippen LogP contribution in [0.3, 0.4) is 0 Å². The Labute approximate surface area is 82.9 Å². The normalized spacial score (nSPS) is 24.0. The number of rotatable bonds is 4. The number of aliphatic carboxylic acids is 1. The van der Waals surface area contributed by atoms with Crippen LogP contribution in [0, 0.1) is 0 Å². The Morgan fingerprint density at radius 2 is 2.43 bits per heavy atom. The van der Waals surface area contributed by atoms with Gasteiger partial charge in [0.25, 0.3) is 0 Å². The van der Waals surface area contributed by atoms with Crippen LogP contribution in [0.1, 0.15) is 26.2 Å². The molecule has 0 aromatic carbocycles. The summed E-state index contributed by atoms with van der Waals surface area (Å²) in [5, 5.41) is 8.66. The summed E-state index contributed by atoms with van der Waals surface area (Å²) >= 11 is 0. The van der Waals surface area contributed by atoms with Gasteiger partial charge in [-0.2, -0.15) is 0 Å². The highest BCUT2D eigenvalue weighted by Gasteiger charge is 2.32. The number of nitrogens with zero attached hydrogens (tertiary/aromatic N) is 1. The van der Waals surface area contributed by atoms with Gasteiger partial charge in [-0.3, -0.25) is 9.59 Å². The molecule has 5 heteroatoms. The third kappa shape index (κ3) is 2.45. The van der Waals surface area contributed by atoms with Crippen LogP contribution in [-0.4, -0.2) is 40.5 Å². The van der Waals surface area contributed by atoms with Crippen LogP contribution < -0.4 is 5.73 Å². The first-order chi connectivity index (χ1) is 6.54. The molecule has 1 heterocycles. The summed E-state index contributed by atoms with van der Waals surface area (Å²) in [5.74, 6) is -0.893. The number of amides is 1. The molecule has 0 radical (unpaired) electrons. The Morgan fingerprint density at radius 3 is 2.79 bits per heavy atom. The van der Waals surface area contributed by atoms with Crippen LogP contribution in [0.25, 0.3) is 0 Å². The first kappa shape index (κ1) is 11.0. The minimum absolute atomic E-state index is 0.00889. The van der Waals surface area contributed by atoms with Crippen molar-refractivity contribution in [3.63, 3.8) is 0 Å². The first-order valence-corrected chi connectivity index (χ1v) is 4.81. The fourth-order valence-corrected chi connectivity index (χ4v) is 1.79. The maximum absolute atomic E-state index is 11.4. The SMILES string of the molecule is CCC(CC(=O)O)N1CC(N)CC1=O. The molecule has 1 rings (SSSR count). The van der Waals surface area contributed by atoms with Crippen LogP contribution in [0.2, 0.25) is 0 Å². The number of carbonyl (C=O) groups is 2. The highest BCUT2D eigenvalue weighted by atomic mass is 16.4. The molecular weight excluding hydrogens is 184 g/mol. The highest BCUT2D eigenvalue weighted by molar-refractivity contribution is 5.80. The number of likely N-dealkylation sites (tertiary alicyclic amines) is 1. The van der Waals surface area contributed by atoms with E-state index in [1.807, 2.05) is 6.92 Å². The Kier molecular flexibility index (Phi) is 3.46. The van der Waals surface area contributed by atoms with E-state index in [2.05, 4.69) is 0 Å². The molecule has 2 atom stereocenters. The van der Waals surface area contributed by atoms with Gasteiger partial charge in [0, 0.05) is 25.0 Å². The fraction of sp³-hybridized carbons (Fsp3) is 0.778. The zero-order valence-electron chi connectivity index (χ0n) is 8.27. The number of nitrogens with two attached hydrogens (primary N) is 1. The molecule has 0 aromatic heterocycles. The standard InChI is InChI=1S/C9H16N2O3/c1-2-7(4-9(13)14)11-5-6(10)3-8(11)12/h6-7H,2-5,10H2,1H3,(H,13,14). The van der Waals surface area contributed by atoms with E-state index in [0.717, 1.165) is 0 Å². The summed E-state index contributed by atoms with van der Waals surface area (Å²) < 4.78 is 0. The van der Waals surface area contributed by atoms with Crippen molar-refractivity contribution in [3.8, 4) is 0 Å². The van der Waals surface area contributed by atoms with E-state index in [1.165, 1.54) is 0 Å². The molecule has 3 N–H and O–H groups in total. The molecule has 1 aliphatic rings. The quantitative estimate of drug-likeness (QED) is 0.658. The minimum Gasteiger partial charge on any atom is -0.481 e. The van der Waals surface area contributed by atoms with Crippen molar-refractivity contribution in [1.29, 1.82) is 0 Å². The molecule has 0 spiro atoms. The number of hydrogen-bond acceptors (Lipinski definition) is 3. The van der Waals surface area contributed by atoms with E-state index in [-0.39, 0.29) is 24.4 Å². The summed E-state index contributed by atoms with van der Waals surface area (Å²) in [6, 6.07) is -0.334. The second-order valence-electron chi connectivity index (χ2n) is 3.67. The van der Waals surface area contributed by atoms with E-state index in [9.17, 15) is 9.59 Å². The van der Waals surface area contributed by atoms with Gasteiger partial charge in [-0.15, -0.1) is 0 Å². The van der Waals surface area contributed by atoms with Crippen LogP contribution in [0.15, 0.2) is 0 Å². The molecule has 80 valence electrons. The summed E-state index contributed by atoms with van der Waals surface area (Å²) in [5.41, 5.74) is 5.63. The van der Waals surface area contributed by atoms with Gasteiger partial charge in [0.05, 0.1) is 6.42 Å². The van der Waals surface area contributed by atoms with Gasteiger partial charge in [-0.1, -0.05) is 6.92 Å². The van der Waals surface area contributed by atoms with Crippen molar-refractivity contribution in [2.45, 2.75) is 38.3 Å². The number of carboxylic acids is 1. The second-order valence-corrected chi connectivity index (χ2v) is 3.67. The van der Waals surface area contributed by atoms with Crippen molar-refractivity contribution >= 4 is 11.9 Å². The van der Waals surface area contributed by atoms with Gasteiger partial charge in [0.1, 0.15) is 0 Å². The lowest BCUT2D eigenvalue weighted by Gasteiger charge is -2.25. The second kappa shape index (κ2) is 4.41. The topological polar surface area (TPSA) is 83.6 Å². The van der Waals surface area contributed by atoms with Crippen molar-refractivity contribution in [2.75, 3.05) is 6.54 Å². The maximum Gasteiger partial charge on any atom is 0.305 e. The first-order valence-electron chi connectivity index (χ1n) is 4.81. The molecule has 1 fully saturated rings. The highest BCUT2D eigenvalue weighted by Crippen LogP contribution is 2.17. The van der Waals surface area contributed by atoms with Gasteiger partial charge < -0.3 is 15.7 Å². The number of hydrogen-bond donors (Lipinski definition) is 2. The predicted molar refractivity (Wildman–Crippen MR) is 50.6 cm³/mol. The molecule has 5 nitrogen and oxygen atoms in total. The Bertz CT molecular complexity index is 242. The molecule has 14 heavy (non-hydrogen) atoms. The van der Waals surface area contributed by atoms with Gasteiger partial charge in [-0.25, -0.2) is 0 Å². The smallest absolute Gasteiger partial charge is 0.305 e. The van der Waals surface area contributed by atoms with Crippen LogP contribution in [-0.2, 0) is 9.59 Å². The van der Waals surface area contributed by atoms with Gasteiger partial charge >= 0.3 is 5.97 Å². The summed E-state index contributed by atoms with van der Waals surface area (Å²) in [7, 11) is 0. The fourth-order valence-electron chi connectivity index (χ4n) is 1.79. The average Bonchev–Trinajstić information content (AvgIpc) is 2.41. The molecule has 0 aromatic rings. The molecule has 1 aliphatic heterocycles. The molecular formula is C9H16N2O3. The summed E-state index contributed by atoms with van der Waals surface area (Å²) in [6.07, 6.45) is 1.01. The molecule has 1 amide bonds. The Morgan fingerprint density at radius 1 is 1.79 bits per heavy atom. The van der Waals surface area contributed by atoms with Gasteiger partial charge in [0.15, 0.2) is 0 Å². The molecule has 0 bridgehead atoms. The zero-order valence-corrected chi connectivity index (χ0v) is 8.27. The van der Waals surface area contributed by atoms with E-state index in [4.69, 9.17) is 10.8 Å². The molecule has 2 unspecified atom stereocenters. The lowest BCUT2D eigenvalue weighted by atomic mass is 10.1. The Hall–Kier alpha value is -1.10. The van der Waals surface area contributed by atoms with Gasteiger partial charge in [-0.05, 0) is 6.42 Å². The number of carboxylic acid groups (broad SMARTS) is 1. The lowest BCUT2D eigenvalue weighted by Crippen LogP contribution is -2.38. The zero-order chi connectivity index (χ0) is 10.7. The molecule has 1 saturated heterocycles. The monoisotopic (exact) mass is 200 g/mol. The molecule has 0 aliphatic carbocycles. The third-order valence-corrected chi connectivity index (χ3v) is 2.51. The van der Waals surface area contributed by atoms with Gasteiger partial charge in [0.2, 0.25) is 5.91 Å². The Balaban J connectivity index is 2.60. The minimum atomic E-state index is -0.870. The summed E-state index contributed by atoms with van der Waals surface area (Å²) in [4.78, 5) is 23.6. The average molecular weight is 200 g/mol. The van der Waals surface area contributed by atoms with Crippen LogP contribution >= 0.6 is 0 Å². The van der Waals surface area contributed by atoms with Crippen molar-refractivity contribution < 1.29 is 14.7 Å². The van der Waals surface area contributed by atoms with Crippen molar-refractivity contribution in [1.82, 2.24) is 4.90 Å². The van der Waals surface area contributed by atoms with Crippen molar-refractivity contribution in [2.24, 2.45) is 5.73 Å². The maximum atomic E-state index is 11.4.